The third kappa shape index (κ3) is 4.10. The van der Waals surface area contributed by atoms with Gasteiger partial charge in [0.15, 0.2) is 0 Å². The molecule has 2 aromatic rings. The van der Waals surface area contributed by atoms with Crippen LogP contribution in [0.5, 0.6) is 0 Å². The van der Waals surface area contributed by atoms with Crippen molar-refractivity contribution in [3.05, 3.63) is 47.5 Å². The van der Waals surface area contributed by atoms with Gasteiger partial charge in [0.05, 0.1) is 31.0 Å². The summed E-state index contributed by atoms with van der Waals surface area (Å²) in [6.07, 6.45) is 6.64. The lowest BCUT2D eigenvalue weighted by molar-refractivity contribution is -0.139. The molecular formula is C19H24N6O2. The van der Waals surface area contributed by atoms with Crippen LogP contribution in [0.4, 0.5) is 4.79 Å². The average molecular weight is 368 g/mol. The molecule has 0 saturated heterocycles. The summed E-state index contributed by atoms with van der Waals surface area (Å²) in [5.74, 6) is 0.507. The van der Waals surface area contributed by atoms with Crippen LogP contribution in [0.3, 0.4) is 0 Å². The van der Waals surface area contributed by atoms with E-state index in [1.165, 1.54) is 6.42 Å². The van der Waals surface area contributed by atoms with Crippen LogP contribution in [0.15, 0.2) is 30.6 Å². The number of carbonyl (C=O) groups excluding carboxylic acids is 2. The summed E-state index contributed by atoms with van der Waals surface area (Å²) >= 11 is 0. The van der Waals surface area contributed by atoms with Crippen molar-refractivity contribution in [3.63, 3.8) is 0 Å². The van der Waals surface area contributed by atoms with E-state index in [1.807, 2.05) is 27.8 Å². The largest absolute Gasteiger partial charge is 0.335 e. The zero-order valence-electron chi connectivity index (χ0n) is 15.2. The van der Waals surface area contributed by atoms with E-state index < -0.39 is 0 Å². The Morgan fingerprint density at radius 1 is 1.19 bits per heavy atom. The number of fused-ring (bicyclic) bond motifs is 1. The van der Waals surface area contributed by atoms with Gasteiger partial charge in [-0.3, -0.25) is 14.5 Å². The average Bonchev–Trinajstić information content (AvgIpc) is 3.06. The number of pyridine rings is 1. The number of urea groups is 1. The zero-order valence-corrected chi connectivity index (χ0v) is 15.2. The molecule has 0 radical (unpaired) electrons. The fourth-order valence-corrected chi connectivity index (χ4v) is 3.43. The first-order chi connectivity index (χ1) is 13.2. The second-order valence-electron chi connectivity index (χ2n) is 7.14. The van der Waals surface area contributed by atoms with E-state index >= 15 is 0 Å². The molecule has 1 aliphatic heterocycles. The Morgan fingerprint density at radius 2 is 2.04 bits per heavy atom. The first-order valence-corrected chi connectivity index (χ1v) is 9.44. The Hall–Kier alpha value is -2.90. The van der Waals surface area contributed by atoms with E-state index in [0.29, 0.717) is 32.7 Å². The molecule has 8 heteroatoms. The van der Waals surface area contributed by atoms with Crippen LogP contribution >= 0.6 is 0 Å². The lowest BCUT2D eigenvalue weighted by Gasteiger charge is -2.34. The van der Waals surface area contributed by atoms with Crippen molar-refractivity contribution in [3.8, 4) is 0 Å². The van der Waals surface area contributed by atoms with Crippen molar-refractivity contribution in [1.82, 2.24) is 30.3 Å². The van der Waals surface area contributed by atoms with E-state index in [0.717, 1.165) is 29.8 Å². The van der Waals surface area contributed by atoms with E-state index in [9.17, 15) is 9.59 Å². The molecule has 0 atom stereocenters. The Bertz CT molecular complexity index is 815. The standard InChI is InChI=1S/C19H24N6O2/c26-18(15-4-1-5-15)24-7-8-25-17(13-24)9-16(23-25)12-22-19(27)21-11-14-3-2-6-20-10-14/h2-3,6,9-10,15H,1,4-5,7-8,11-13H2,(H2,21,22,27). The Balaban J connectivity index is 1.27. The van der Waals surface area contributed by atoms with Crippen LogP contribution in [0.1, 0.15) is 36.2 Å². The lowest BCUT2D eigenvalue weighted by atomic mass is 9.84. The summed E-state index contributed by atoms with van der Waals surface area (Å²) in [6.45, 7) is 2.81. The van der Waals surface area contributed by atoms with Gasteiger partial charge < -0.3 is 15.5 Å². The van der Waals surface area contributed by atoms with Crippen molar-refractivity contribution in [2.75, 3.05) is 6.54 Å². The number of nitrogens with one attached hydrogen (secondary N) is 2. The van der Waals surface area contributed by atoms with Crippen LogP contribution in [0.2, 0.25) is 0 Å². The van der Waals surface area contributed by atoms with Crippen LogP contribution in [-0.4, -0.2) is 38.1 Å². The maximum Gasteiger partial charge on any atom is 0.315 e. The van der Waals surface area contributed by atoms with E-state index in [-0.39, 0.29) is 17.9 Å². The molecule has 142 valence electrons. The van der Waals surface area contributed by atoms with E-state index in [2.05, 4.69) is 20.7 Å². The van der Waals surface area contributed by atoms with Gasteiger partial charge in [-0.1, -0.05) is 12.5 Å². The third-order valence-corrected chi connectivity index (χ3v) is 5.22. The molecule has 2 aliphatic rings. The van der Waals surface area contributed by atoms with Gasteiger partial charge in [0.1, 0.15) is 0 Å². The van der Waals surface area contributed by atoms with Crippen molar-refractivity contribution >= 4 is 11.9 Å². The second kappa shape index (κ2) is 7.77. The summed E-state index contributed by atoms with van der Waals surface area (Å²) in [4.78, 5) is 30.3. The van der Waals surface area contributed by atoms with E-state index in [4.69, 9.17) is 0 Å². The SMILES string of the molecule is O=C(NCc1cccnc1)NCc1cc2n(n1)CCN(C(=O)C1CCC1)C2. The fourth-order valence-electron chi connectivity index (χ4n) is 3.43. The quantitative estimate of drug-likeness (QED) is 0.835. The molecule has 1 aliphatic carbocycles. The molecule has 8 nitrogen and oxygen atoms in total. The van der Waals surface area contributed by atoms with Crippen LogP contribution < -0.4 is 10.6 Å². The molecule has 0 aromatic carbocycles. The summed E-state index contributed by atoms with van der Waals surface area (Å²) < 4.78 is 1.94. The Morgan fingerprint density at radius 3 is 2.78 bits per heavy atom. The molecule has 4 rings (SSSR count). The molecule has 2 N–H and O–H groups in total. The van der Waals surface area contributed by atoms with Crippen molar-refractivity contribution in [2.24, 2.45) is 5.92 Å². The van der Waals surface area contributed by atoms with Gasteiger partial charge >= 0.3 is 6.03 Å². The van der Waals surface area contributed by atoms with Gasteiger partial charge in [-0.25, -0.2) is 4.79 Å². The number of hydrogen-bond donors (Lipinski definition) is 2. The summed E-state index contributed by atoms with van der Waals surface area (Å²) in [6, 6.07) is 5.48. The highest BCUT2D eigenvalue weighted by Gasteiger charge is 2.31. The highest BCUT2D eigenvalue weighted by Crippen LogP contribution is 2.29. The molecule has 0 unspecified atom stereocenters. The van der Waals surface area contributed by atoms with Gasteiger partial charge in [-0.05, 0) is 30.5 Å². The topological polar surface area (TPSA) is 92.2 Å². The predicted octanol–water partition coefficient (Wildman–Crippen LogP) is 1.42. The highest BCUT2D eigenvalue weighted by atomic mass is 16.2. The predicted molar refractivity (Wildman–Crippen MR) is 98.3 cm³/mol. The van der Waals surface area contributed by atoms with Gasteiger partial charge in [0, 0.05) is 31.4 Å². The van der Waals surface area contributed by atoms with Crippen LogP contribution in [-0.2, 0) is 31.0 Å². The van der Waals surface area contributed by atoms with Crippen molar-refractivity contribution < 1.29 is 9.59 Å². The second-order valence-corrected chi connectivity index (χ2v) is 7.14. The summed E-state index contributed by atoms with van der Waals surface area (Å²) in [7, 11) is 0. The Kier molecular flexibility index (Phi) is 5.04. The third-order valence-electron chi connectivity index (χ3n) is 5.22. The molecular weight excluding hydrogens is 344 g/mol. The van der Waals surface area contributed by atoms with Gasteiger partial charge in [-0.2, -0.15) is 5.10 Å². The van der Waals surface area contributed by atoms with Crippen molar-refractivity contribution in [1.29, 1.82) is 0 Å². The maximum absolute atomic E-state index is 12.4. The molecule has 0 bridgehead atoms. The molecule has 0 spiro atoms. The monoisotopic (exact) mass is 368 g/mol. The molecule has 1 fully saturated rings. The maximum atomic E-state index is 12.4. The minimum absolute atomic E-state index is 0.226. The van der Waals surface area contributed by atoms with Crippen molar-refractivity contribution in [2.45, 2.75) is 45.4 Å². The minimum Gasteiger partial charge on any atom is -0.335 e. The van der Waals surface area contributed by atoms with Gasteiger partial charge in [0.25, 0.3) is 0 Å². The number of nitrogens with zero attached hydrogens (tertiary/aromatic N) is 4. The number of rotatable bonds is 5. The normalized spacial score (nSPS) is 16.4. The molecule has 27 heavy (non-hydrogen) atoms. The smallest absolute Gasteiger partial charge is 0.315 e. The Labute approximate surface area is 158 Å². The van der Waals surface area contributed by atoms with E-state index in [1.54, 1.807) is 12.4 Å². The number of amides is 3. The zero-order chi connectivity index (χ0) is 18.6. The molecule has 3 heterocycles. The van der Waals surface area contributed by atoms with Crippen LogP contribution in [0.25, 0.3) is 0 Å². The lowest BCUT2D eigenvalue weighted by Crippen LogP contribution is -2.43. The molecule has 1 saturated carbocycles. The molecule has 2 aromatic heterocycles. The first kappa shape index (κ1) is 17.5. The fraction of sp³-hybridized carbons (Fsp3) is 0.474. The number of hydrogen-bond acceptors (Lipinski definition) is 4. The van der Waals surface area contributed by atoms with Gasteiger partial charge in [-0.15, -0.1) is 0 Å². The van der Waals surface area contributed by atoms with Gasteiger partial charge in [0.2, 0.25) is 5.91 Å². The number of carbonyl (C=O) groups is 2. The number of aromatic nitrogens is 3. The minimum atomic E-state index is -0.244. The summed E-state index contributed by atoms with van der Waals surface area (Å²) in [5.41, 5.74) is 2.78. The van der Waals surface area contributed by atoms with Crippen LogP contribution in [0, 0.1) is 5.92 Å². The summed E-state index contributed by atoms with van der Waals surface area (Å²) in [5, 5.41) is 10.2. The molecule has 3 amide bonds. The first-order valence-electron chi connectivity index (χ1n) is 9.44. The highest BCUT2D eigenvalue weighted by molar-refractivity contribution is 5.79.